The maximum atomic E-state index is 12.8. The molecule has 0 saturated carbocycles. The van der Waals surface area contributed by atoms with Crippen molar-refractivity contribution < 1.29 is 34.5 Å². The molecule has 13 heteroatoms. The molecule has 1 heterocycles. The van der Waals surface area contributed by atoms with Gasteiger partial charge in [-0.2, -0.15) is 0 Å². The van der Waals surface area contributed by atoms with E-state index in [-0.39, 0.29) is 6.42 Å². The Balaban J connectivity index is 3.00. The second-order valence-electron chi connectivity index (χ2n) is 7.43. The van der Waals surface area contributed by atoms with Crippen LogP contribution in [0.5, 0.6) is 0 Å². The molecule has 0 radical (unpaired) electrons. The number of amides is 3. The van der Waals surface area contributed by atoms with Crippen LogP contribution in [0.4, 0.5) is 0 Å². The van der Waals surface area contributed by atoms with Crippen LogP contribution in [-0.4, -0.2) is 85.9 Å². The summed E-state index contributed by atoms with van der Waals surface area (Å²) in [5.41, 5.74) is 5.96. The van der Waals surface area contributed by atoms with Gasteiger partial charge in [0.1, 0.15) is 24.2 Å². The number of aliphatic hydroxyl groups is 2. The fourth-order valence-corrected chi connectivity index (χ4v) is 2.60. The van der Waals surface area contributed by atoms with E-state index in [2.05, 4.69) is 25.9 Å². The molecular formula is C18H30N6O7. The number of aromatic amines is 1. The Labute approximate surface area is 178 Å². The highest BCUT2D eigenvalue weighted by atomic mass is 16.4. The van der Waals surface area contributed by atoms with Gasteiger partial charge >= 0.3 is 5.97 Å². The van der Waals surface area contributed by atoms with Crippen LogP contribution < -0.4 is 21.7 Å². The van der Waals surface area contributed by atoms with Crippen molar-refractivity contribution in [3.63, 3.8) is 0 Å². The molecule has 0 fully saturated rings. The van der Waals surface area contributed by atoms with Gasteiger partial charge in [0.2, 0.25) is 17.7 Å². The van der Waals surface area contributed by atoms with Crippen molar-refractivity contribution in [2.45, 2.75) is 57.5 Å². The molecule has 0 saturated heterocycles. The third-order valence-electron chi connectivity index (χ3n) is 4.44. The number of aliphatic hydroxyl groups excluding tert-OH is 2. The van der Waals surface area contributed by atoms with E-state index in [1.807, 2.05) is 0 Å². The Morgan fingerprint density at radius 2 is 1.68 bits per heavy atom. The Morgan fingerprint density at radius 1 is 1.06 bits per heavy atom. The third kappa shape index (κ3) is 7.96. The van der Waals surface area contributed by atoms with Crippen molar-refractivity contribution in [2.24, 2.45) is 11.7 Å². The van der Waals surface area contributed by atoms with E-state index in [0.29, 0.717) is 5.69 Å². The van der Waals surface area contributed by atoms with Gasteiger partial charge in [-0.15, -0.1) is 0 Å². The van der Waals surface area contributed by atoms with Crippen molar-refractivity contribution in [2.75, 3.05) is 6.61 Å². The maximum Gasteiger partial charge on any atom is 0.326 e. The summed E-state index contributed by atoms with van der Waals surface area (Å²) in [7, 11) is 0. The smallest absolute Gasteiger partial charge is 0.326 e. The van der Waals surface area contributed by atoms with Crippen molar-refractivity contribution in [1.82, 2.24) is 25.9 Å². The Hall–Kier alpha value is -3.03. The lowest BCUT2D eigenvalue weighted by Crippen LogP contribution is -2.60. The van der Waals surface area contributed by atoms with Gasteiger partial charge in [-0.25, -0.2) is 9.78 Å². The molecule has 1 aromatic rings. The molecule has 174 valence electrons. The van der Waals surface area contributed by atoms with Gasteiger partial charge in [-0.05, 0) is 12.8 Å². The van der Waals surface area contributed by atoms with E-state index in [0.717, 1.165) is 0 Å². The number of nitrogens with one attached hydrogen (secondary N) is 4. The molecule has 0 bridgehead atoms. The first-order valence-electron chi connectivity index (χ1n) is 9.63. The number of carbonyl (C=O) groups excluding carboxylic acids is 3. The first kappa shape index (κ1) is 26.0. The number of aromatic nitrogens is 2. The lowest BCUT2D eigenvalue weighted by molar-refractivity contribution is -0.144. The second kappa shape index (κ2) is 12.0. The third-order valence-corrected chi connectivity index (χ3v) is 4.44. The number of imidazole rings is 1. The van der Waals surface area contributed by atoms with Gasteiger partial charge < -0.3 is 42.0 Å². The summed E-state index contributed by atoms with van der Waals surface area (Å²) >= 11 is 0. The van der Waals surface area contributed by atoms with Crippen LogP contribution in [0.3, 0.4) is 0 Å². The summed E-state index contributed by atoms with van der Waals surface area (Å²) in [6, 6.07) is -5.20. The summed E-state index contributed by atoms with van der Waals surface area (Å²) in [6.45, 7) is 3.79. The summed E-state index contributed by atoms with van der Waals surface area (Å²) in [5.74, 6) is -4.24. The highest BCUT2D eigenvalue weighted by Crippen LogP contribution is 2.05. The van der Waals surface area contributed by atoms with Crippen molar-refractivity contribution in [3.05, 3.63) is 18.2 Å². The van der Waals surface area contributed by atoms with Gasteiger partial charge in [-0.3, -0.25) is 14.4 Å². The Morgan fingerprint density at radius 3 is 2.13 bits per heavy atom. The average Bonchev–Trinajstić information content (AvgIpc) is 3.20. The number of carbonyl (C=O) groups is 4. The van der Waals surface area contributed by atoms with E-state index in [1.165, 1.54) is 19.4 Å². The topological polar surface area (TPSA) is 220 Å². The van der Waals surface area contributed by atoms with Gasteiger partial charge in [0, 0.05) is 18.3 Å². The summed E-state index contributed by atoms with van der Waals surface area (Å²) in [5, 5.41) is 35.3. The van der Waals surface area contributed by atoms with E-state index >= 15 is 0 Å². The van der Waals surface area contributed by atoms with Crippen LogP contribution >= 0.6 is 0 Å². The summed E-state index contributed by atoms with van der Waals surface area (Å²) in [6.07, 6.45) is 1.38. The molecule has 0 aromatic carbocycles. The largest absolute Gasteiger partial charge is 0.480 e. The molecule has 1 aromatic heterocycles. The van der Waals surface area contributed by atoms with Crippen LogP contribution in [0, 0.1) is 5.92 Å². The van der Waals surface area contributed by atoms with Gasteiger partial charge in [0.25, 0.3) is 0 Å². The van der Waals surface area contributed by atoms with Crippen LogP contribution in [0.1, 0.15) is 26.5 Å². The molecule has 0 aliphatic carbocycles. The predicted octanol–water partition coefficient (Wildman–Crippen LogP) is -3.15. The molecule has 0 aliphatic rings. The molecule has 0 spiro atoms. The number of rotatable bonds is 12. The highest BCUT2D eigenvalue weighted by molar-refractivity contribution is 5.94. The minimum absolute atomic E-state index is 0.0480. The quantitative estimate of drug-likeness (QED) is 0.163. The standard InChI is InChI=1S/C18H30N6O7/c1-8(2)13(18(30)31)23-17(29)14(9(3)26)24-16(28)12(4-10-5-20-7-21-10)22-15(27)11(19)6-25/h5,7-9,11-14,25-26H,4,6,19H2,1-3H3,(H,20,21)(H,22,27)(H,23,29)(H,24,28)(H,30,31). The van der Waals surface area contributed by atoms with Gasteiger partial charge in [-0.1, -0.05) is 13.8 Å². The molecule has 31 heavy (non-hydrogen) atoms. The normalized spacial score (nSPS) is 16.0. The summed E-state index contributed by atoms with van der Waals surface area (Å²) in [4.78, 5) is 55.4. The van der Waals surface area contributed by atoms with E-state index in [9.17, 15) is 29.4 Å². The highest BCUT2D eigenvalue weighted by Gasteiger charge is 2.33. The molecule has 5 atom stereocenters. The SMILES string of the molecule is CC(C)C(NC(=O)C(NC(=O)C(Cc1cnc[nH]1)NC(=O)C(N)CO)C(C)O)C(=O)O. The molecule has 0 aliphatic heterocycles. The molecule has 3 amide bonds. The van der Waals surface area contributed by atoms with E-state index in [4.69, 9.17) is 10.8 Å². The zero-order valence-electron chi connectivity index (χ0n) is 17.5. The van der Waals surface area contributed by atoms with Crippen LogP contribution in [0.25, 0.3) is 0 Å². The number of hydrogen-bond donors (Lipinski definition) is 8. The average molecular weight is 442 g/mol. The number of nitrogens with two attached hydrogens (primary N) is 1. The summed E-state index contributed by atoms with van der Waals surface area (Å²) < 4.78 is 0. The zero-order valence-corrected chi connectivity index (χ0v) is 17.5. The zero-order chi connectivity index (χ0) is 23.7. The number of aliphatic carboxylic acids is 1. The van der Waals surface area contributed by atoms with Crippen molar-refractivity contribution in [3.8, 4) is 0 Å². The van der Waals surface area contributed by atoms with E-state index < -0.39 is 66.5 Å². The Kier molecular flexibility index (Phi) is 10.0. The van der Waals surface area contributed by atoms with E-state index in [1.54, 1.807) is 13.8 Å². The minimum Gasteiger partial charge on any atom is -0.480 e. The first-order chi connectivity index (χ1) is 14.5. The molecule has 1 rings (SSSR count). The molecule has 9 N–H and O–H groups in total. The lowest BCUT2D eigenvalue weighted by atomic mass is 10.0. The van der Waals surface area contributed by atoms with Crippen LogP contribution in [-0.2, 0) is 25.6 Å². The maximum absolute atomic E-state index is 12.8. The molecular weight excluding hydrogens is 412 g/mol. The number of H-pyrrole nitrogens is 1. The number of hydrogen-bond acceptors (Lipinski definition) is 8. The number of carboxylic acids is 1. The monoisotopic (exact) mass is 442 g/mol. The molecule has 13 nitrogen and oxygen atoms in total. The lowest BCUT2D eigenvalue weighted by Gasteiger charge is -2.27. The first-order valence-corrected chi connectivity index (χ1v) is 9.63. The predicted molar refractivity (Wildman–Crippen MR) is 107 cm³/mol. The Bertz CT molecular complexity index is 753. The van der Waals surface area contributed by atoms with Crippen LogP contribution in [0.15, 0.2) is 12.5 Å². The van der Waals surface area contributed by atoms with Crippen LogP contribution in [0.2, 0.25) is 0 Å². The van der Waals surface area contributed by atoms with Gasteiger partial charge in [0.15, 0.2) is 0 Å². The van der Waals surface area contributed by atoms with Crippen molar-refractivity contribution >= 4 is 23.7 Å². The van der Waals surface area contributed by atoms with Crippen molar-refractivity contribution in [1.29, 1.82) is 0 Å². The fourth-order valence-electron chi connectivity index (χ4n) is 2.60. The minimum atomic E-state index is -1.49. The number of nitrogens with zero attached hydrogens (tertiary/aromatic N) is 1. The molecule has 5 unspecified atom stereocenters. The second-order valence-corrected chi connectivity index (χ2v) is 7.43. The fraction of sp³-hybridized carbons (Fsp3) is 0.611. The van der Waals surface area contributed by atoms with Gasteiger partial charge in [0.05, 0.1) is 19.0 Å². The number of carboxylic acid groups (broad SMARTS) is 1.